The molecule has 1 aromatic rings. The van der Waals surface area contributed by atoms with Crippen molar-refractivity contribution in [3.8, 4) is 12.3 Å². The molecule has 0 radical (unpaired) electrons. The molecule has 2 N–H and O–H groups in total. The van der Waals surface area contributed by atoms with Gasteiger partial charge in [0.2, 0.25) is 15.9 Å². The summed E-state index contributed by atoms with van der Waals surface area (Å²) in [5.41, 5.74) is 0. The fourth-order valence-corrected chi connectivity index (χ4v) is 3.44. The first-order chi connectivity index (χ1) is 10.4. The number of terminal acetylenes is 1. The zero-order valence-electron chi connectivity index (χ0n) is 12.0. The average molecular weight is 361 g/mol. The molecule has 0 aliphatic heterocycles. The molecule has 5 nitrogen and oxygen atoms in total. The van der Waals surface area contributed by atoms with E-state index in [0.29, 0.717) is 17.2 Å². The third-order valence-electron chi connectivity index (χ3n) is 2.71. The van der Waals surface area contributed by atoms with Crippen molar-refractivity contribution < 1.29 is 13.2 Å². The molecule has 1 rings (SSSR count). The summed E-state index contributed by atoms with van der Waals surface area (Å²) in [6.45, 7) is 0.0529. The van der Waals surface area contributed by atoms with E-state index in [9.17, 15) is 13.2 Å². The highest BCUT2D eigenvalue weighted by atomic mass is 35.5. The Balaban J connectivity index is 2.89. The van der Waals surface area contributed by atoms with Gasteiger partial charge in [-0.1, -0.05) is 17.5 Å². The van der Waals surface area contributed by atoms with Crippen molar-refractivity contribution in [3.05, 3.63) is 29.3 Å². The minimum atomic E-state index is -3.81. The Morgan fingerprint density at radius 1 is 1.41 bits per heavy atom. The normalized spacial score (nSPS) is 12.4. The van der Waals surface area contributed by atoms with E-state index in [2.05, 4.69) is 16.0 Å². The van der Waals surface area contributed by atoms with Crippen molar-refractivity contribution in [3.63, 3.8) is 0 Å². The Morgan fingerprint density at radius 3 is 2.59 bits per heavy atom. The van der Waals surface area contributed by atoms with Gasteiger partial charge in [0.1, 0.15) is 6.04 Å². The van der Waals surface area contributed by atoms with Gasteiger partial charge >= 0.3 is 0 Å². The molecule has 0 spiro atoms. The quantitative estimate of drug-likeness (QED) is 0.689. The largest absolute Gasteiger partial charge is 0.344 e. The number of sulfonamides is 1. The van der Waals surface area contributed by atoms with Crippen LogP contribution in [0.25, 0.3) is 0 Å². The van der Waals surface area contributed by atoms with Crippen molar-refractivity contribution in [2.45, 2.75) is 17.4 Å². The van der Waals surface area contributed by atoms with Crippen LogP contribution in [0.5, 0.6) is 0 Å². The van der Waals surface area contributed by atoms with Crippen LogP contribution in [0.3, 0.4) is 0 Å². The monoisotopic (exact) mass is 360 g/mol. The lowest BCUT2D eigenvalue weighted by Gasteiger charge is -2.17. The molecule has 1 unspecified atom stereocenters. The van der Waals surface area contributed by atoms with Gasteiger partial charge in [0, 0.05) is 5.02 Å². The van der Waals surface area contributed by atoms with Gasteiger partial charge in [-0.2, -0.15) is 16.5 Å². The van der Waals surface area contributed by atoms with E-state index in [1.807, 2.05) is 6.26 Å². The zero-order chi connectivity index (χ0) is 16.6. The fourth-order valence-electron chi connectivity index (χ4n) is 1.61. The number of carbonyl (C=O) groups is 1. The molecule has 1 amide bonds. The molecule has 0 bridgehead atoms. The minimum Gasteiger partial charge on any atom is -0.344 e. The highest BCUT2D eigenvalue weighted by Gasteiger charge is 2.25. The van der Waals surface area contributed by atoms with Crippen LogP contribution in [0, 0.1) is 12.3 Å². The van der Waals surface area contributed by atoms with Crippen LogP contribution in [-0.2, 0) is 14.8 Å². The third kappa shape index (κ3) is 5.89. The number of carbonyl (C=O) groups excluding carboxylic acids is 1. The van der Waals surface area contributed by atoms with E-state index in [1.165, 1.54) is 36.0 Å². The number of hydrogen-bond acceptors (Lipinski definition) is 4. The molecule has 22 heavy (non-hydrogen) atoms. The summed E-state index contributed by atoms with van der Waals surface area (Å²) in [7, 11) is -3.81. The second-order valence-electron chi connectivity index (χ2n) is 4.33. The summed E-state index contributed by atoms with van der Waals surface area (Å²) >= 11 is 7.27. The smallest absolute Gasteiger partial charge is 0.241 e. The van der Waals surface area contributed by atoms with Gasteiger partial charge in [-0.05, 0) is 42.7 Å². The van der Waals surface area contributed by atoms with Gasteiger partial charge in [-0.25, -0.2) is 8.42 Å². The highest BCUT2D eigenvalue weighted by molar-refractivity contribution is 7.98. The molecule has 1 aromatic carbocycles. The van der Waals surface area contributed by atoms with Crippen LogP contribution in [0.1, 0.15) is 6.42 Å². The van der Waals surface area contributed by atoms with Crippen molar-refractivity contribution in [1.29, 1.82) is 0 Å². The van der Waals surface area contributed by atoms with Gasteiger partial charge in [-0.15, -0.1) is 6.42 Å². The molecule has 120 valence electrons. The Kier molecular flexibility index (Phi) is 7.76. The molecule has 0 saturated heterocycles. The molecule has 0 fully saturated rings. The van der Waals surface area contributed by atoms with Crippen molar-refractivity contribution in [2.24, 2.45) is 0 Å². The number of halogens is 1. The van der Waals surface area contributed by atoms with Crippen molar-refractivity contribution in [1.82, 2.24) is 10.0 Å². The van der Waals surface area contributed by atoms with Gasteiger partial charge in [-0.3, -0.25) is 4.79 Å². The number of benzene rings is 1. The third-order valence-corrected chi connectivity index (χ3v) is 5.10. The first-order valence-electron chi connectivity index (χ1n) is 6.38. The maximum atomic E-state index is 12.3. The van der Waals surface area contributed by atoms with Crippen LogP contribution in [-0.4, -0.2) is 38.9 Å². The predicted molar refractivity (Wildman–Crippen MR) is 90.4 cm³/mol. The maximum absolute atomic E-state index is 12.3. The van der Waals surface area contributed by atoms with Crippen LogP contribution >= 0.6 is 23.4 Å². The fraction of sp³-hybridized carbons (Fsp3) is 0.357. The first-order valence-corrected chi connectivity index (χ1v) is 9.64. The van der Waals surface area contributed by atoms with E-state index < -0.39 is 22.0 Å². The van der Waals surface area contributed by atoms with Gasteiger partial charge in [0.05, 0.1) is 11.4 Å². The summed E-state index contributed by atoms with van der Waals surface area (Å²) < 4.78 is 27.0. The molecule has 1 atom stereocenters. The van der Waals surface area contributed by atoms with Crippen molar-refractivity contribution >= 4 is 39.3 Å². The zero-order valence-corrected chi connectivity index (χ0v) is 14.4. The summed E-state index contributed by atoms with van der Waals surface area (Å²) in [6, 6.07) is 4.85. The average Bonchev–Trinajstić information content (AvgIpc) is 2.49. The summed E-state index contributed by atoms with van der Waals surface area (Å²) in [5.74, 6) is 2.48. The second kappa shape index (κ2) is 9.06. The maximum Gasteiger partial charge on any atom is 0.241 e. The molecule has 8 heteroatoms. The Bertz CT molecular complexity index is 639. The molecule has 0 heterocycles. The Labute approximate surface area is 140 Å². The summed E-state index contributed by atoms with van der Waals surface area (Å²) in [5, 5.41) is 2.93. The standard InChI is InChI=1S/C14H17ClN2O3S2/c1-3-9-16-14(18)13(8-10-21-2)17-22(19,20)12-6-4-11(15)5-7-12/h1,4-7,13,17H,8-10H2,2H3,(H,16,18). The first kappa shape index (κ1) is 18.8. The second-order valence-corrected chi connectivity index (χ2v) is 7.47. The Hall–Kier alpha value is -1.20. The minimum absolute atomic E-state index is 0.0517. The number of hydrogen-bond donors (Lipinski definition) is 2. The summed E-state index contributed by atoms with van der Waals surface area (Å²) in [4.78, 5) is 12.1. The predicted octanol–water partition coefficient (Wildman–Crippen LogP) is 1.49. The molecule has 0 aliphatic carbocycles. The number of rotatable bonds is 8. The van der Waals surface area contributed by atoms with Crippen LogP contribution in [0.15, 0.2) is 29.2 Å². The van der Waals surface area contributed by atoms with E-state index in [4.69, 9.17) is 18.0 Å². The Morgan fingerprint density at radius 2 is 2.05 bits per heavy atom. The van der Waals surface area contributed by atoms with Crippen LogP contribution in [0.4, 0.5) is 0 Å². The van der Waals surface area contributed by atoms with Gasteiger partial charge in [0.15, 0.2) is 0 Å². The van der Waals surface area contributed by atoms with Crippen molar-refractivity contribution in [2.75, 3.05) is 18.6 Å². The van der Waals surface area contributed by atoms with Gasteiger partial charge in [0.25, 0.3) is 0 Å². The molecular formula is C14H17ClN2O3S2. The lowest BCUT2D eigenvalue weighted by molar-refractivity contribution is -0.122. The van der Waals surface area contributed by atoms with E-state index in [0.717, 1.165) is 0 Å². The van der Waals surface area contributed by atoms with Crippen LogP contribution < -0.4 is 10.0 Å². The van der Waals surface area contributed by atoms with E-state index in [-0.39, 0.29) is 11.4 Å². The highest BCUT2D eigenvalue weighted by Crippen LogP contribution is 2.15. The lowest BCUT2D eigenvalue weighted by atomic mass is 10.2. The molecular weight excluding hydrogens is 344 g/mol. The SMILES string of the molecule is C#CCNC(=O)C(CCSC)NS(=O)(=O)c1ccc(Cl)cc1. The summed E-state index contributed by atoms with van der Waals surface area (Å²) in [6.07, 6.45) is 7.33. The molecule has 0 aliphatic rings. The lowest BCUT2D eigenvalue weighted by Crippen LogP contribution is -2.47. The van der Waals surface area contributed by atoms with E-state index >= 15 is 0 Å². The van der Waals surface area contributed by atoms with Crippen LogP contribution in [0.2, 0.25) is 5.02 Å². The number of thioether (sulfide) groups is 1. The molecule has 0 saturated carbocycles. The number of amides is 1. The number of nitrogens with one attached hydrogen (secondary N) is 2. The topological polar surface area (TPSA) is 75.3 Å². The van der Waals surface area contributed by atoms with E-state index in [1.54, 1.807) is 0 Å². The molecule has 0 aromatic heterocycles. The van der Waals surface area contributed by atoms with Gasteiger partial charge < -0.3 is 5.32 Å².